The van der Waals surface area contributed by atoms with Crippen LogP contribution in [0.5, 0.6) is 0 Å². The maximum absolute atomic E-state index is 2.48. The van der Waals surface area contributed by atoms with E-state index >= 15 is 0 Å². The van der Waals surface area contributed by atoms with E-state index in [1.807, 2.05) is 0 Å². The van der Waals surface area contributed by atoms with Gasteiger partial charge in [-0.15, -0.1) is 24.2 Å². The van der Waals surface area contributed by atoms with E-state index in [1.165, 1.54) is 6.42 Å². The van der Waals surface area contributed by atoms with Gasteiger partial charge in [0.15, 0.2) is 0 Å². The Morgan fingerprint density at radius 3 is 1.85 bits per heavy atom. The second kappa shape index (κ2) is 4.62. The molecular formula is C11H23BrP. The van der Waals surface area contributed by atoms with Crippen molar-refractivity contribution in [2.75, 3.05) is 24.6 Å². The summed E-state index contributed by atoms with van der Waals surface area (Å²) >= 11 is 0. The van der Waals surface area contributed by atoms with E-state index in [4.69, 9.17) is 0 Å². The highest BCUT2D eigenvalue weighted by molar-refractivity contribution is 8.93. The van der Waals surface area contributed by atoms with Crippen molar-refractivity contribution in [1.29, 1.82) is 0 Å². The van der Waals surface area contributed by atoms with Crippen LogP contribution in [0.3, 0.4) is 0 Å². The molecule has 2 rings (SSSR count). The van der Waals surface area contributed by atoms with Crippen LogP contribution < -0.4 is 0 Å². The van der Waals surface area contributed by atoms with Crippen LogP contribution in [-0.4, -0.2) is 24.6 Å². The largest absolute Gasteiger partial charge is 0.125 e. The van der Waals surface area contributed by atoms with Gasteiger partial charge in [-0.25, -0.2) is 0 Å². The number of rotatable bonds is 0. The molecule has 2 heteroatoms. The highest BCUT2D eigenvalue weighted by Crippen LogP contribution is 2.68. The van der Waals surface area contributed by atoms with Crippen LogP contribution >= 0.6 is 24.2 Å². The topological polar surface area (TPSA) is 0 Å². The number of hydrogen-bond donors (Lipinski definition) is 0. The van der Waals surface area contributed by atoms with Gasteiger partial charge >= 0.3 is 0 Å². The predicted molar refractivity (Wildman–Crippen MR) is 68.9 cm³/mol. The zero-order valence-corrected chi connectivity index (χ0v) is 11.6. The van der Waals surface area contributed by atoms with Crippen molar-refractivity contribution < 1.29 is 0 Å². The Balaban J connectivity index is 0.000000845. The minimum atomic E-state index is -0.353. The van der Waals surface area contributed by atoms with Gasteiger partial charge in [0.2, 0.25) is 0 Å². The van der Waals surface area contributed by atoms with Gasteiger partial charge in [-0.1, -0.05) is 13.8 Å². The lowest BCUT2D eigenvalue weighted by Gasteiger charge is -2.42. The van der Waals surface area contributed by atoms with Crippen LogP contribution in [0.15, 0.2) is 0 Å². The first-order valence-electron chi connectivity index (χ1n) is 5.55. The molecule has 2 heterocycles. The van der Waals surface area contributed by atoms with Gasteiger partial charge in [-0.2, -0.15) is 0 Å². The Morgan fingerprint density at radius 2 is 1.38 bits per heavy atom. The molecule has 2 atom stereocenters. The van der Waals surface area contributed by atoms with Gasteiger partial charge in [0.1, 0.15) is 0 Å². The second-order valence-electron chi connectivity index (χ2n) is 5.31. The molecule has 2 fully saturated rings. The third kappa shape index (κ3) is 2.69. The van der Waals surface area contributed by atoms with Crippen molar-refractivity contribution in [3.05, 3.63) is 0 Å². The molecule has 0 saturated carbocycles. The first-order chi connectivity index (χ1) is 5.70. The molecule has 0 aromatic rings. The Hall–Kier alpha value is 0.910. The monoisotopic (exact) mass is 265 g/mol. The molecule has 1 radical (unpaired) electrons. The fraction of sp³-hybridized carbons (Fsp3) is 1.00. The molecule has 13 heavy (non-hydrogen) atoms. The van der Waals surface area contributed by atoms with E-state index in [2.05, 4.69) is 13.8 Å². The fourth-order valence-electron chi connectivity index (χ4n) is 3.60. The Morgan fingerprint density at radius 1 is 0.923 bits per heavy atom. The van der Waals surface area contributed by atoms with Crippen LogP contribution in [-0.2, 0) is 0 Å². The molecule has 79 valence electrons. The highest BCUT2D eigenvalue weighted by atomic mass is 79.9. The summed E-state index contributed by atoms with van der Waals surface area (Å²) in [6, 6.07) is 0. The molecule has 0 bridgehead atoms. The van der Waals surface area contributed by atoms with Gasteiger partial charge in [-0.05, 0) is 55.7 Å². The summed E-state index contributed by atoms with van der Waals surface area (Å²) in [5.41, 5.74) is 0. The highest BCUT2D eigenvalue weighted by Gasteiger charge is 2.37. The van der Waals surface area contributed by atoms with Gasteiger partial charge in [0, 0.05) is 0 Å². The first kappa shape index (κ1) is 12.0. The van der Waals surface area contributed by atoms with Crippen molar-refractivity contribution in [2.45, 2.75) is 33.1 Å². The minimum absolute atomic E-state index is 0. The molecule has 0 aromatic carbocycles. The van der Waals surface area contributed by atoms with Gasteiger partial charge in [0.05, 0.1) is 0 Å². The van der Waals surface area contributed by atoms with Crippen LogP contribution in [0.25, 0.3) is 0 Å². The normalized spacial score (nSPS) is 37.4. The number of halogens is 1. The van der Waals surface area contributed by atoms with Crippen molar-refractivity contribution in [3.8, 4) is 0 Å². The van der Waals surface area contributed by atoms with E-state index in [0.29, 0.717) is 0 Å². The summed E-state index contributed by atoms with van der Waals surface area (Å²) in [5.74, 6) is 2.11. The Kier molecular flexibility index (Phi) is 4.26. The summed E-state index contributed by atoms with van der Waals surface area (Å²) < 4.78 is 0. The average Bonchev–Trinajstić information content (AvgIpc) is 2.33. The van der Waals surface area contributed by atoms with E-state index in [-0.39, 0.29) is 24.2 Å². The lowest BCUT2D eigenvalue weighted by atomic mass is 10.00. The van der Waals surface area contributed by atoms with Crippen LogP contribution in [0, 0.1) is 11.8 Å². The molecule has 1 spiro atoms. The third-order valence-corrected chi connectivity index (χ3v) is 9.04. The molecule has 2 aliphatic rings. The predicted octanol–water partition coefficient (Wildman–Crippen LogP) is 4.05. The summed E-state index contributed by atoms with van der Waals surface area (Å²) in [5, 5.41) is 0. The quantitative estimate of drug-likeness (QED) is 0.580. The summed E-state index contributed by atoms with van der Waals surface area (Å²) in [7, 11) is -0.353. The molecular weight excluding hydrogens is 243 g/mol. The maximum Gasteiger partial charge on any atom is -0.0333 e. The van der Waals surface area contributed by atoms with Crippen LogP contribution in [0.1, 0.15) is 33.1 Å². The van der Waals surface area contributed by atoms with Gasteiger partial charge < -0.3 is 0 Å². The smallest absolute Gasteiger partial charge is 0.0333 e. The molecule has 0 amide bonds. The first-order valence-corrected chi connectivity index (χ1v) is 8.08. The fourth-order valence-corrected chi connectivity index (χ4v) is 9.44. The summed E-state index contributed by atoms with van der Waals surface area (Å²) in [6.07, 6.45) is 11.3. The van der Waals surface area contributed by atoms with Gasteiger partial charge in [0.25, 0.3) is 0 Å². The zero-order valence-electron chi connectivity index (χ0n) is 8.96. The maximum atomic E-state index is 2.48. The van der Waals surface area contributed by atoms with Gasteiger partial charge in [-0.3, -0.25) is 0 Å². The van der Waals surface area contributed by atoms with E-state index in [0.717, 1.165) is 11.8 Å². The van der Waals surface area contributed by atoms with E-state index in [1.54, 1.807) is 37.5 Å². The van der Waals surface area contributed by atoms with Crippen molar-refractivity contribution in [2.24, 2.45) is 11.8 Å². The molecule has 0 N–H and O–H groups in total. The Bertz CT molecular complexity index is 151. The van der Waals surface area contributed by atoms with Crippen molar-refractivity contribution >= 4 is 24.2 Å². The van der Waals surface area contributed by atoms with Crippen molar-refractivity contribution in [1.82, 2.24) is 0 Å². The zero-order chi connectivity index (χ0) is 8.60. The standard InChI is InChI=1S/C11H22P.BrH/c1-10-7-11(2)9-12(8-10)5-3-4-6-12;/h10-11H,3-9H2,1-2H3;1H. The van der Waals surface area contributed by atoms with Crippen LogP contribution in [0.2, 0.25) is 0 Å². The SMILES string of the molecule is Br.CC1CC(C)C[P]2(CCCC2)C1. The van der Waals surface area contributed by atoms with E-state index in [9.17, 15) is 0 Å². The summed E-state index contributed by atoms with van der Waals surface area (Å²) in [6.45, 7) is 4.96. The second-order valence-corrected chi connectivity index (χ2v) is 9.62. The van der Waals surface area contributed by atoms with E-state index < -0.39 is 0 Å². The molecule has 0 aliphatic carbocycles. The lowest BCUT2D eigenvalue weighted by Crippen LogP contribution is -2.24. The number of hydrogen-bond acceptors (Lipinski definition) is 0. The Labute approximate surface area is 94.0 Å². The molecule has 0 nitrogen and oxygen atoms in total. The van der Waals surface area contributed by atoms with Crippen molar-refractivity contribution in [3.63, 3.8) is 0 Å². The minimum Gasteiger partial charge on any atom is -0.125 e. The molecule has 2 aliphatic heterocycles. The lowest BCUT2D eigenvalue weighted by molar-refractivity contribution is 0.454. The molecule has 2 unspecified atom stereocenters. The third-order valence-electron chi connectivity index (χ3n) is 3.72. The molecule has 2 saturated heterocycles. The average molecular weight is 266 g/mol. The summed E-state index contributed by atoms with van der Waals surface area (Å²) in [4.78, 5) is 0. The van der Waals surface area contributed by atoms with Crippen LogP contribution in [0.4, 0.5) is 0 Å². The molecule has 0 aromatic heterocycles.